The largest absolute Gasteiger partial charge is 0.370 e. The normalized spacial score (nSPS) is 10.2. The fourth-order valence-electron chi connectivity index (χ4n) is 1.50. The van der Waals surface area contributed by atoms with Gasteiger partial charge >= 0.3 is 0 Å². The second-order valence-electron chi connectivity index (χ2n) is 4.03. The molecule has 2 amide bonds. The van der Waals surface area contributed by atoms with Crippen LogP contribution in [-0.4, -0.2) is 26.6 Å². The third kappa shape index (κ3) is 3.89. The summed E-state index contributed by atoms with van der Waals surface area (Å²) in [5, 5.41) is 6.76. The molecule has 0 fully saturated rings. The monoisotopic (exact) mass is 337 g/mol. The van der Waals surface area contributed by atoms with Gasteiger partial charge in [-0.3, -0.25) is 19.3 Å². The second-order valence-corrected chi connectivity index (χ2v) is 4.94. The zero-order valence-corrected chi connectivity index (χ0v) is 12.0. The number of nitrogens with two attached hydrogens (primary N) is 1. The van der Waals surface area contributed by atoms with E-state index in [9.17, 15) is 9.59 Å². The van der Waals surface area contributed by atoms with Crippen LogP contribution in [0.2, 0.25) is 0 Å². The highest BCUT2D eigenvalue weighted by Gasteiger charge is 2.09. The van der Waals surface area contributed by atoms with E-state index in [1.807, 2.05) is 0 Å². The van der Waals surface area contributed by atoms with E-state index in [1.165, 1.54) is 6.20 Å². The van der Waals surface area contributed by atoms with Crippen LogP contribution in [0.25, 0.3) is 0 Å². The number of primary amides is 1. The van der Waals surface area contributed by atoms with Gasteiger partial charge in [-0.05, 0) is 22.0 Å². The summed E-state index contributed by atoms with van der Waals surface area (Å²) in [6, 6.07) is 3.30. The standard InChI is InChI=1S/C12H12BrN5O2/c13-9-5-8(6-15-7-9)12(20)16-11-2-4-18(17-11)3-1-10(14)19/h2,4-7H,1,3H2,(H2,14,19)(H,16,17,20). The molecular formula is C12H12BrN5O2. The topological polar surface area (TPSA) is 103 Å². The summed E-state index contributed by atoms with van der Waals surface area (Å²) in [4.78, 5) is 26.5. The number of anilines is 1. The van der Waals surface area contributed by atoms with Crippen LogP contribution in [0.5, 0.6) is 0 Å². The van der Waals surface area contributed by atoms with Gasteiger partial charge in [0.1, 0.15) is 0 Å². The zero-order valence-electron chi connectivity index (χ0n) is 10.4. The molecule has 2 rings (SSSR count). The summed E-state index contributed by atoms with van der Waals surface area (Å²) in [5.41, 5.74) is 5.48. The average Bonchev–Trinajstić information content (AvgIpc) is 2.84. The van der Waals surface area contributed by atoms with Crippen molar-refractivity contribution in [3.05, 3.63) is 40.8 Å². The first-order valence-corrected chi connectivity index (χ1v) is 6.57. The van der Waals surface area contributed by atoms with E-state index < -0.39 is 5.91 Å². The quantitative estimate of drug-likeness (QED) is 0.854. The fourth-order valence-corrected chi connectivity index (χ4v) is 1.87. The van der Waals surface area contributed by atoms with Gasteiger partial charge in [0.15, 0.2) is 5.82 Å². The Labute approximate surface area is 123 Å². The van der Waals surface area contributed by atoms with Crippen molar-refractivity contribution in [2.75, 3.05) is 5.32 Å². The Morgan fingerprint density at radius 1 is 1.40 bits per heavy atom. The summed E-state index contributed by atoms with van der Waals surface area (Å²) in [7, 11) is 0. The highest BCUT2D eigenvalue weighted by atomic mass is 79.9. The van der Waals surface area contributed by atoms with E-state index in [0.717, 1.165) is 4.47 Å². The number of pyridine rings is 1. The number of carbonyl (C=O) groups is 2. The van der Waals surface area contributed by atoms with Gasteiger partial charge in [0.25, 0.3) is 5.91 Å². The van der Waals surface area contributed by atoms with Crippen LogP contribution in [0.4, 0.5) is 5.82 Å². The minimum absolute atomic E-state index is 0.199. The van der Waals surface area contributed by atoms with Gasteiger partial charge in [-0.25, -0.2) is 0 Å². The van der Waals surface area contributed by atoms with Crippen molar-refractivity contribution in [1.82, 2.24) is 14.8 Å². The van der Waals surface area contributed by atoms with E-state index >= 15 is 0 Å². The minimum Gasteiger partial charge on any atom is -0.370 e. The van der Waals surface area contributed by atoms with E-state index in [4.69, 9.17) is 5.73 Å². The Bertz CT molecular complexity index is 640. The Kier molecular flexibility index (Phi) is 4.46. The number of hydrogen-bond acceptors (Lipinski definition) is 4. The van der Waals surface area contributed by atoms with Crippen molar-refractivity contribution in [1.29, 1.82) is 0 Å². The number of hydrogen-bond donors (Lipinski definition) is 2. The van der Waals surface area contributed by atoms with Gasteiger partial charge in [0.05, 0.1) is 5.56 Å². The van der Waals surface area contributed by atoms with Crippen LogP contribution < -0.4 is 11.1 Å². The van der Waals surface area contributed by atoms with Gasteiger partial charge in [0.2, 0.25) is 5.91 Å². The van der Waals surface area contributed by atoms with Crippen LogP contribution >= 0.6 is 15.9 Å². The molecule has 0 aromatic carbocycles. The third-order valence-corrected chi connectivity index (χ3v) is 2.87. The highest BCUT2D eigenvalue weighted by molar-refractivity contribution is 9.10. The van der Waals surface area contributed by atoms with Gasteiger partial charge in [-0.15, -0.1) is 0 Å². The van der Waals surface area contributed by atoms with Crippen LogP contribution in [0.1, 0.15) is 16.8 Å². The maximum Gasteiger partial charge on any atom is 0.258 e. The van der Waals surface area contributed by atoms with Crippen molar-refractivity contribution in [2.45, 2.75) is 13.0 Å². The Morgan fingerprint density at radius 2 is 2.20 bits per heavy atom. The summed E-state index contributed by atoms with van der Waals surface area (Å²) >= 11 is 3.25. The van der Waals surface area contributed by atoms with Crippen LogP contribution in [0, 0.1) is 0 Å². The van der Waals surface area contributed by atoms with Crippen LogP contribution in [0.3, 0.4) is 0 Å². The highest BCUT2D eigenvalue weighted by Crippen LogP contribution is 2.11. The van der Waals surface area contributed by atoms with Gasteiger partial charge in [0, 0.05) is 42.1 Å². The number of halogens is 1. The van der Waals surface area contributed by atoms with Crippen molar-refractivity contribution >= 4 is 33.6 Å². The van der Waals surface area contributed by atoms with Crippen molar-refractivity contribution < 1.29 is 9.59 Å². The molecule has 2 heterocycles. The molecule has 0 spiro atoms. The molecule has 0 saturated heterocycles. The molecule has 2 aromatic rings. The lowest BCUT2D eigenvalue weighted by Gasteiger charge is -2.02. The van der Waals surface area contributed by atoms with Crippen molar-refractivity contribution in [2.24, 2.45) is 5.73 Å². The van der Waals surface area contributed by atoms with Crippen LogP contribution in [0.15, 0.2) is 35.2 Å². The molecule has 0 aliphatic rings. The molecular weight excluding hydrogens is 326 g/mol. The number of amides is 2. The maximum absolute atomic E-state index is 11.9. The van der Waals surface area contributed by atoms with Crippen molar-refractivity contribution in [3.8, 4) is 0 Å². The summed E-state index contributed by atoms with van der Waals surface area (Å²) in [6.07, 6.45) is 4.92. The third-order valence-electron chi connectivity index (χ3n) is 2.44. The van der Waals surface area contributed by atoms with E-state index in [1.54, 1.807) is 29.2 Å². The van der Waals surface area contributed by atoms with Gasteiger partial charge < -0.3 is 11.1 Å². The smallest absolute Gasteiger partial charge is 0.258 e. The van der Waals surface area contributed by atoms with E-state index in [0.29, 0.717) is 17.9 Å². The molecule has 7 nitrogen and oxygen atoms in total. The Morgan fingerprint density at radius 3 is 2.90 bits per heavy atom. The Hall–Kier alpha value is -2.22. The van der Waals surface area contributed by atoms with Gasteiger partial charge in [-0.1, -0.05) is 0 Å². The molecule has 0 aliphatic heterocycles. The molecule has 2 aromatic heterocycles. The molecule has 20 heavy (non-hydrogen) atoms. The van der Waals surface area contributed by atoms with E-state index in [2.05, 4.69) is 31.3 Å². The molecule has 3 N–H and O–H groups in total. The lowest BCUT2D eigenvalue weighted by Crippen LogP contribution is -2.15. The summed E-state index contributed by atoms with van der Waals surface area (Å²) in [5.74, 6) is -0.301. The number of rotatable bonds is 5. The molecule has 0 radical (unpaired) electrons. The summed E-state index contributed by atoms with van der Waals surface area (Å²) < 4.78 is 2.26. The predicted octanol–water partition coefficient (Wildman–Crippen LogP) is 1.17. The molecule has 0 bridgehead atoms. The molecule has 0 saturated carbocycles. The second kappa shape index (κ2) is 6.29. The number of aryl methyl sites for hydroxylation is 1. The number of aromatic nitrogens is 3. The lowest BCUT2D eigenvalue weighted by atomic mass is 10.3. The average molecular weight is 338 g/mol. The van der Waals surface area contributed by atoms with Gasteiger partial charge in [-0.2, -0.15) is 5.10 Å². The molecule has 0 atom stereocenters. The SMILES string of the molecule is NC(=O)CCn1ccc(NC(=O)c2cncc(Br)c2)n1. The molecule has 8 heteroatoms. The maximum atomic E-state index is 11.9. The number of carbonyl (C=O) groups excluding carboxylic acids is 2. The first kappa shape index (κ1) is 14.2. The summed E-state index contributed by atoms with van der Waals surface area (Å²) in [6.45, 7) is 0.379. The molecule has 104 valence electrons. The molecule has 0 unspecified atom stereocenters. The van der Waals surface area contributed by atoms with Crippen molar-refractivity contribution in [3.63, 3.8) is 0 Å². The van der Waals surface area contributed by atoms with E-state index in [-0.39, 0.29) is 12.3 Å². The Balaban J connectivity index is 1.99. The first-order valence-electron chi connectivity index (χ1n) is 5.78. The first-order chi connectivity index (χ1) is 9.54. The molecule has 0 aliphatic carbocycles. The zero-order chi connectivity index (χ0) is 14.5. The van der Waals surface area contributed by atoms with Crippen LogP contribution in [-0.2, 0) is 11.3 Å². The number of nitrogens with one attached hydrogen (secondary N) is 1. The number of nitrogens with zero attached hydrogens (tertiary/aromatic N) is 3. The fraction of sp³-hybridized carbons (Fsp3) is 0.167. The lowest BCUT2D eigenvalue weighted by molar-refractivity contribution is -0.118. The minimum atomic E-state index is -0.397. The predicted molar refractivity (Wildman–Crippen MR) is 75.9 cm³/mol.